The van der Waals surface area contributed by atoms with Gasteiger partial charge in [0.25, 0.3) is 0 Å². The molecule has 1 aliphatic heterocycles. The summed E-state index contributed by atoms with van der Waals surface area (Å²) in [6.45, 7) is 2.01. The predicted octanol–water partition coefficient (Wildman–Crippen LogP) is 2.54. The number of aromatic nitrogens is 2. The number of benzene rings is 1. The summed E-state index contributed by atoms with van der Waals surface area (Å²) in [5.74, 6) is 0.865. The van der Waals surface area contributed by atoms with E-state index in [9.17, 15) is 0 Å². The van der Waals surface area contributed by atoms with Crippen molar-refractivity contribution in [1.82, 2.24) is 10.2 Å². The van der Waals surface area contributed by atoms with Crippen LogP contribution in [-0.2, 0) is 0 Å². The zero-order valence-electron chi connectivity index (χ0n) is 8.94. The number of hydrazine groups is 1. The van der Waals surface area contributed by atoms with Crippen LogP contribution in [0.4, 0.5) is 11.5 Å². The van der Waals surface area contributed by atoms with Gasteiger partial charge in [0, 0.05) is 17.5 Å². The number of aryl methyl sites for hydroxylation is 1. The summed E-state index contributed by atoms with van der Waals surface area (Å²) >= 11 is 0. The molecule has 2 aromatic rings. The van der Waals surface area contributed by atoms with E-state index in [1.54, 1.807) is 0 Å². The lowest BCUT2D eigenvalue weighted by Gasteiger charge is -2.24. The highest BCUT2D eigenvalue weighted by Crippen LogP contribution is 2.25. The first-order chi connectivity index (χ1) is 7.84. The van der Waals surface area contributed by atoms with E-state index < -0.39 is 0 Å². The van der Waals surface area contributed by atoms with Gasteiger partial charge in [-0.1, -0.05) is 18.2 Å². The van der Waals surface area contributed by atoms with Gasteiger partial charge in [-0.2, -0.15) is 5.10 Å². The van der Waals surface area contributed by atoms with Gasteiger partial charge < -0.3 is 0 Å². The van der Waals surface area contributed by atoms with Gasteiger partial charge in [0.2, 0.25) is 0 Å². The molecule has 16 heavy (non-hydrogen) atoms. The second-order valence-corrected chi connectivity index (χ2v) is 3.74. The highest BCUT2D eigenvalue weighted by atomic mass is 15.5. The van der Waals surface area contributed by atoms with Crippen molar-refractivity contribution in [2.24, 2.45) is 0 Å². The maximum Gasteiger partial charge on any atom is 0.174 e. The van der Waals surface area contributed by atoms with Crippen molar-refractivity contribution in [3.05, 3.63) is 47.8 Å². The molecule has 1 aliphatic rings. The first-order valence-electron chi connectivity index (χ1n) is 5.19. The molecule has 0 radical (unpaired) electrons. The van der Waals surface area contributed by atoms with Crippen LogP contribution in [0, 0.1) is 6.92 Å². The van der Waals surface area contributed by atoms with Crippen LogP contribution in [0.1, 0.15) is 11.3 Å². The Morgan fingerprint density at radius 1 is 1.19 bits per heavy atom. The molecule has 4 nitrogen and oxygen atoms in total. The SMILES string of the molecule is Cc1[nH]nc2c1C=CN(c1ccccc1)N2. The topological polar surface area (TPSA) is 44.0 Å². The number of hydrogen-bond acceptors (Lipinski definition) is 3. The third-order valence-corrected chi connectivity index (χ3v) is 2.65. The summed E-state index contributed by atoms with van der Waals surface area (Å²) in [7, 11) is 0. The Hall–Kier alpha value is -2.23. The van der Waals surface area contributed by atoms with Crippen molar-refractivity contribution in [3.8, 4) is 0 Å². The standard InChI is InChI=1S/C12H12N4/c1-9-11-7-8-16(15-12(11)14-13-9)10-5-3-2-4-6-10/h2-8H,1H3,(H2,13,14,15). The van der Waals surface area contributed by atoms with Crippen LogP contribution >= 0.6 is 0 Å². The molecule has 0 saturated carbocycles. The number of anilines is 2. The fraction of sp³-hybridized carbons (Fsp3) is 0.0833. The molecule has 3 rings (SSSR count). The molecule has 0 bridgehead atoms. The monoisotopic (exact) mass is 212 g/mol. The van der Waals surface area contributed by atoms with Crippen LogP contribution in [-0.4, -0.2) is 10.2 Å². The normalized spacial score (nSPS) is 13.4. The summed E-state index contributed by atoms with van der Waals surface area (Å²) in [4.78, 5) is 0. The Kier molecular flexibility index (Phi) is 1.93. The molecule has 0 unspecified atom stereocenters. The lowest BCUT2D eigenvalue weighted by Crippen LogP contribution is -2.26. The smallest absolute Gasteiger partial charge is 0.174 e. The van der Waals surface area contributed by atoms with Gasteiger partial charge in [0.05, 0.1) is 5.69 Å². The minimum atomic E-state index is 0.865. The van der Waals surface area contributed by atoms with Gasteiger partial charge in [0.15, 0.2) is 5.82 Å². The van der Waals surface area contributed by atoms with Crippen LogP contribution in [0.2, 0.25) is 0 Å². The molecule has 2 heterocycles. The lowest BCUT2D eigenvalue weighted by atomic mass is 10.2. The second-order valence-electron chi connectivity index (χ2n) is 3.74. The van der Waals surface area contributed by atoms with Crippen molar-refractivity contribution >= 4 is 17.6 Å². The van der Waals surface area contributed by atoms with Crippen LogP contribution in [0.5, 0.6) is 0 Å². The fourth-order valence-electron chi connectivity index (χ4n) is 1.77. The molecule has 0 amide bonds. The molecule has 0 spiro atoms. The fourth-order valence-corrected chi connectivity index (χ4v) is 1.77. The Morgan fingerprint density at radius 3 is 2.81 bits per heavy atom. The van der Waals surface area contributed by atoms with Crippen molar-refractivity contribution in [2.75, 3.05) is 10.4 Å². The molecular formula is C12H12N4. The molecule has 0 atom stereocenters. The Balaban J connectivity index is 1.95. The molecular weight excluding hydrogens is 200 g/mol. The van der Waals surface area contributed by atoms with Gasteiger partial charge in [-0.15, -0.1) is 0 Å². The van der Waals surface area contributed by atoms with Crippen LogP contribution in [0.15, 0.2) is 36.5 Å². The van der Waals surface area contributed by atoms with E-state index in [0.29, 0.717) is 0 Å². The van der Waals surface area contributed by atoms with E-state index in [2.05, 4.69) is 21.7 Å². The number of rotatable bonds is 1. The maximum atomic E-state index is 4.20. The number of para-hydroxylation sites is 1. The Bertz CT molecular complexity index is 527. The number of nitrogens with zero attached hydrogens (tertiary/aromatic N) is 2. The van der Waals surface area contributed by atoms with Crippen molar-refractivity contribution in [1.29, 1.82) is 0 Å². The third-order valence-electron chi connectivity index (χ3n) is 2.65. The highest BCUT2D eigenvalue weighted by molar-refractivity contribution is 5.73. The van der Waals surface area contributed by atoms with E-state index in [0.717, 1.165) is 22.8 Å². The van der Waals surface area contributed by atoms with Gasteiger partial charge >= 0.3 is 0 Å². The average molecular weight is 212 g/mol. The van der Waals surface area contributed by atoms with Crippen LogP contribution in [0.25, 0.3) is 6.08 Å². The van der Waals surface area contributed by atoms with Crippen molar-refractivity contribution in [3.63, 3.8) is 0 Å². The van der Waals surface area contributed by atoms with Gasteiger partial charge in [-0.25, -0.2) is 0 Å². The summed E-state index contributed by atoms with van der Waals surface area (Å²) in [5, 5.41) is 9.11. The van der Waals surface area contributed by atoms with E-state index >= 15 is 0 Å². The summed E-state index contributed by atoms with van der Waals surface area (Å²) in [5.41, 5.74) is 6.52. The van der Waals surface area contributed by atoms with Crippen LogP contribution in [0.3, 0.4) is 0 Å². The Labute approximate surface area is 93.6 Å². The molecule has 0 aliphatic carbocycles. The minimum absolute atomic E-state index is 0.865. The molecule has 0 saturated heterocycles. The van der Waals surface area contributed by atoms with Crippen molar-refractivity contribution in [2.45, 2.75) is 6.92 Å². The number of H-pyrrole nitrogens is 1. The largest absolute Gasteiger partial charge is 0.280 e. The first-order valence-corrected chi connectivity index (χ1v) is 5.19. The van der Waals surface area contributed by atoms with E-state index in [4.69, 9.17) is 0 Å². The second kappa shape index (κ2) is 3.41. The number of aromatic amines is 1. The van der Waals surface area contributed by atoms with Gasteiger partial charge in [-0.3, -0.25) is 15.5 Å². The number of fused-ring (bicyclic) bond motifs is 1. The average Bonchev–Trinajstić information content (AvgIpc) is 2.72. The van der Waals surface area contributed by atoms with E-state index in [-0.39, 0.29) is 0 Å². The first kappa shape index (κ1) is 9.03. The summed E-state index contributed by atoms with van der Waals surface area (Å²) < 4.78 is 0. The summed E-state index contributed by atoms with van der Waals surface area (Å²) in [6.07, 6.45) is 4.05. The number of nitrogens with one attached hydrogen (secondary N) is 2. The molecule has 1 aromatic heterocycles. The third kappa shape index (κ3) is 1.35. The molecule has 4 heteroatoms. The Morgan fingerprint density at radius 2 is 2.00 bits per heavy atom. The maximum absolute atomic E-state index is 4.20. The quantitative estimate of drug-likeness (QED) is 0.763. The van der Waals surface area contributed by atoms with Crippen molar-refractivity contribution < 1.29 is 0 Å². The number of hydrogen-bond donors (Lipinski definition) is 2. The van der Waals surface area contributed by atoms with Crippen LogP contribution < -0.4 is 10.4 Å². The van der Waals surface area contributed by atoms with E-state index in [1.807, 2.05) is 48.5 Å². The zero-order chi connectivity index (χ0) is 11.0. The zero-order valence-corrected chi connectivity index (χ0v) is 8.94. The summed E-state index contributed by atoms with van der Waals surface area (Å²) in [6, 6.07) is 10.1. The molecule has 0 fully saturated rings. The predicted molar refractivity (Wildman–Crippen MR) is 64.9 cm³/mol. The molecule has 1 aromatic carbocycles. The molecule has 80 valence electrons. The van der Waals surface area contributed by atoms with E-state index in [1.165, 1.54) is 0 Å². The van der Waals surface area contributed by atoms with Gasteiger partial charge in [0.1, 0.15) is 0 Å². The lowest BCUT2D eigenvalue weighted by molar-refractivity contribution is 1.03. The minimum Gasteiger partial charge on any atom is -0.280 e. The highest BCUT2D eigenvalue weighted by Gasteiger charge is 2.14. The molecule has 2 N–H and O–H groups in total. The van der Waals surface area contributed by atoms with Gasteiger partial charge in [-0.05, 0) is 25.1 Å².